The number of aromatic nitrogens is 2. The van der Waals surface area contributed by atoms with Crippen LogP contribution in [0.5, 0.6) is 5.75 Å². The van der Waals surface area contributed by atoms with E-state index in [0.29, 0.717) is 65.3 Å². The third-order valence-corrected chi connectivity index (χ3v) is 6.34. The summed E-state index contributed by atoms with van der Waals surface area (Å²) >= 11 is 12.6. The molecule has 1 fully saturated rings. The van der Waals surface area contributed by atoms with E-state index >= 15 is 0 Å². The summed E-state index contributed by atoms with van der Waals surface area (Å²) in [5.41, 5.74) is 8.45. The molecule has 7 nitrogen and oxygen atoms in total. The normalized spacial score (nSPS) is 14.7. The fraction of sp³-hybridized carbons (Fsp3) is 0.318. The van der Waals surface area contributed by atoms with Crippen LogP contribution in [-0.2, 0) is 11.2 Å². The summed E-state index contributed by atoms with van der Waals surface area (Å²) in [6, 6.07) is 9.21. The van der Waals surface area contributed by atoms with Gasteiger partial charge in [-0.1, -0.05) is 29.3 Å². The molecule has 0 amide bonds. The van der Waals surface area contributed by atoms with Crippen molar-refractivity contribution in [2.45, 2.75) is 19.3 Å². The summed E-state index contributed by atoms with van der Waals surface area (Å²) in [6.07, 6.45) is 1.60. The number of carboxylic acid groups (broad SMARTS) is 1. The lowest BCUT2D eigenvalue weighted by Crippen LogP contribution is -2.37. The molecule has 2 aromatic carbocycles. The molecule has 1 aliphatic heterocycles. The van der Waals surface area contributed by atoms with Crippen LogP contribution >= 0.6 is 23.2 Å². The van der Waals surface area contributed by atoms with E-state index in [1.54, 1.807) is 13.2 Å². The molecule has 162 valence electrons. The van der Waals surface area contributed by atoms with Gasteiger partial charge in [0.1, 0.15) is 5.75 Å². The van der Waals surface area contributed by atoms with Crippen molar-refractivity contribution >= 4 is 51.4 Å². The molecule has 0 spiro atoms. The quantitative estimate of drug-likeness (QED) is 0.543. The SMILES string of the molecule is COc1ccc(Cc2nnc(N3CCC(C(=O)O)CC3)c3ccc(Cl)c(N)c23)cc1Cl. The number of hydrogen-bond acceptors (Lipinski definition) is 6. The number of anilines is 2. The molecule has 1 aromatic heterocycles. The van der Waals surface area contributed by atoms with Gasteiger partial charge in [-0.25, -0.2) is 0 Å². The number of carboxylic acids is 1. The van der Waals surface area contributed by atoms with Crippen molar-refractivity contribution in [3.63, 3.8) is 0 Å². The second-order valence-corrected chi connectivity index (χ2v) is 8.41. The van der Waals surface area contributed by atoms with E-state index in [1.807, 2.05) is 24.3 Å². The second kappa shape index (κ2) is 8.77. The average molecular weight is 461 g/mol. The zero-order chi connectivity index (χ0) is 22.1. The molecule has 4 rings (SSSR count). The molecule has 0 saturated carbocycles. The molecule has 3 N–H and O–H groups in total. The molecule has 0 bridgehead atoms. The number of nitrogen functional groups attached to an aromatic ring is 1. The first kappa shape index (κ1) is 21.5. The van der Waals surface area contributed by atoms with Gasteiger partial charge in [0.2, 0.25) is 0 Å². The Bertz CT molecular complexity index is 1150. The highest BCUT2D eigenvalue weighted by molar-refractivity contribution is 6.35. The highest BCUT2D eigenvalue weighted by atomic mass is 35.5. The van der Waals surface area contributed by atoms with Gasteiger partial charge in [-0.15, -0.1) is 5.10 Å². The predicted molar refractivity (Wildman–Crippen MR) is 122 cm³/mol. The lowest BCUT2D eigenvalue weighted by Gasteiger charge is -2.31. The van der Waals surface area contributed by atoms with Gasteiger partial charge in [0.15, 0.2) is 5.82 Å². The van der Waals surface area contributed by atoms with Crippen LogP contribution < -0.4 is 15.4 Å². The standard InChI is InChI=1S/C22H22Cl2N4O3/c1-31-18-5-2-12(10-16(18)24)11-17-19-14(3-4-15(23)20(19)25)21(27-26-17)28-8-6-13(7-9-28)22(29)30/h2-5,10,13H,6-9,11,25H2,1H3,(H,29,30). The maximum absolute atomic E-state index is 11.3. The zero-order valence-corrected chi connectivity index (χ0v) is 18.5. The van der Waals surface area contributed by atoms with Crippen molar-refractivity contribution in [2.24, 2.45) is 5.92 Å². The number of ether oxygens (including phenoxy) is 1. The first-order valence-electron chi connectivity index (χ1n) is 9.92. The van der Waals surface area contributed by atoms with E-state index in [0.717, 1.165) is 16.3 Å². The highest BCUT2D eigenvalue weighted by Crippen LogP contribution is 2.37. The Hall–Kier alpha value is -2.77. The van der Waals surface area contributed by atoms with Crippen molar-refractivity contribution in [1.29, 1.82) is 0 Å². The average Bonchev–Trinajstić information content (AvgIpc) is 2.76. The number of benzene rings is 2. The monoisotopic (exact) mass is 460 g/mol. The minimum absolute atomic E-state index is 0.325. The lowest BCUT2D eigenvalue weighted by molar-refractivity contribution is -0.142. The molecule has 0 atom stereocenters. The third kappa shape index (κ3) is 4.20. The van der Waals surface area contributed by atoms with Crippen molar-refractivity contribution in [3.05, 3.63) is 51.6 Å². The lowest BCUT2D eigenvalue weighted by atomic mass is 9.96. The van der Waals surface area contributed by atoms with E-state index < -0.39 is 5.97 Å². The molecule has 1 saturated heterocycles. The zero-order valence-electron chi connectivity index (χ0n) is 16.9. The minimum atomic E-state index is -0.750. The van der Waals surface area contributed by atoms with Crippen molar-refractivity contribution in [1.82, 2.24) is 10.2 Å². The van der Waals surface area contributed by atoms with Crippen LogP contribution in [0.25, 0.3) is 10.8 Å². The largest absolute Gasteiger partial charge is 0.495 e. The molecule has 9 heteroatoms. The number of methoxy groups -OCH3 is 1. The molecule has 3 aromatic rings. The minimum Gasteiger partial charge on any atom is -0.495 e. The molecule has 2 heterocycles. The van der Waals surface area contributed by atoms with Gasteiger partial charge in [0, 0.05) is 30.3 Å². The van der Waals surface area contributed by atoms with Crippen molar-refractivity contribution < 1.29 is 14.6 Å². The van der Waals surface area contributed by atoms with Crippen LogP contribution in [0.1, 0.15) is 24.1 Å². The van der Waals surface area contributed by atoms with Crippen LogP contribution in [0.2, 0.25) is 10.0 Å². The third-order valence-electron chi connectivity index (χ3n) is 5.72. The molecule has 0 aliphatic carbocycles. The fourth-order valence-corrected chi connectivity index (χ4v) is 4.45. The number of hydrogen-bond donors (Lipinski definition) is 2. The summed E-state index contributed by atoms with van der Waals surface area (Å²) in [6.45, 7) is 1.19. The van der Waals surface area contributed by atoms with Crippen LogP contribution in [0, 0.1) is 5.92 Å². The summed E-state index contributed by atoms with van der Waals surface area (Å²) in [5.74, 6) is 0.219. The Balaban J connectivity index is 1.73. The number of aliphatic carboxylic acids is 1. The van der Waals surface area contributed by atoms with Gasteiger partial charge in [-0.3, -0.25) is 4.79 Å². The second-order valence-electron chi connectivity index (χ2n) is 7.60. The molecule has 0 unspecified atom stereocenters. The molecular formula is C22H22Cl2N4O3. The van der Waals surface area contributed by atoms with Crippen molar-refractivity contribution in [3.8, 4) is 5.75 Å². The van der Waals surface area contributed by atoms with Gasteiger partial charge in [0.25, 0.3) is 0 Å². The van der Waals surface area contributed by atoms with Crippen LogP contribution in [-0.4, -0.2) is 41.5 Å². The van der Waals surface area contributed by atoms with E-state index in [-0.39, 0.29) is 5.92 Å². The Kier molecular flexibility index (Phi) is 6.07. The number of carbonyl (C=O) groups is 1. The summed E-state index contributed by atoms with van der Waals surface area (Å²) in [5, 5.41) is 20.8. The van der Waals surface area contributed by atoms with Gasteiger partial charge in [-0.2, -0.15) is 5.10 Å². The Morgan fingerprint density at radius 3 is 2.58 bits per heavy atom. The predicted octanol–water partition coefficient (Wildman–Crippen LogP) is 4.42. The topological polar surface area (TPSA) is 102 Å². The molecule has 0 radical (unpaired) electrons. The summed E-state index contributed by atoms with van der Waals surface area (Å²) in [4.78, 5) is 13.3. The van der Waals surface area contributed by atoms with Crippen LogP contribution in [0.15, 0.2) is 30.3 Å². The van der Waals surface area contributed by atoms with Gasteiger partial charge >= 0.3 is 5.97 Å². The number of fused-ring (bicyclic) bond motifs is 1. The van der Waals surface area contributed by atoms with Gasteiger partial charge in [-0.05, 0) is 42.7 Å². The number of halogens is 2. The van der Waals surface area contributed by atoms with E-state index in [1.165, 1.54) is 0 Å². The van der Waals surface area contributed by atoms with Crippen LogP contribution in [0.4, 0.5) is 11.5 Å². The molecule has 1 aliphatic rings. The van der Waals surface area contributed by atoms with Gasteiger partial charge in [0.05, 0.1) is 34.5 Å². The Morgan fingerprint density at radius 2 is 1.94 bits per heavy atom. The Morgan fingerprint density at radius 1 is 1.19 bits per heavy atom. The Labute approximate surface area is 189 Å². The van der Waals surface area contributed by atoms with E-state index in [9.17, 15) is 9.90 Å². The number of nitrogens with two attached hydrogens (primary N) is 1. The van der Waals surface area contributed by atoms with Crippen LogP contribution in [0.3, 0.4) is 0 Å². The maximum Gasteiger partial charge on any atom is 0.306 e. The summed E-state index contributed by atoms with van der Waals surface area (Å²) in [7, 11) is 1.57. The maximum atomic E-state index is 11.3. The first-order valence-corrected chi connectivity index (χ1v) is 10.7. The fourth-order valence-electron chi connectivity index (χ4n) is 4.01. The molecule has 31 heavy (non-hydrogen) atoms. The van der Waals surface area contributed by atoms with Gasteiger partial charge < -0.3 is 20.5 Å². The number of nitrogens with zero attached hydrogens (tertiary/aromatic N) is 3. The number of rotatable bonds is 5. The smallest absolute Gasteiger partial charge is 0.306 e. The summed E-state index contributed by atoms with van der Waals surface area (Å²) < 4.78 is 5.22. The van der Waals surface area contributed by atoms with E-state index in [2.05, 4.69) is 15.1 Å². The van der Waals surface area contributed by atoms with Crippen molar-refractivity contribution in [2.75, 3.05) is 30.8 Å². The highest BCUT2D eigenvalue weighted by Gasteiger charge is 2.27. The first-order chi connectivity index (χ1) is 14.9. The van der Waals surface area contributed by atoms with E-state index in [4.69, 9.17) is 33.7 Å². The number of piperidine rings is 1. The molecular weight excluding hydrogens is 439 g/mol.